The monoisotopic (exact) mass is 276 g/mol. The molecule has 0 aromatic heterocycles. The first-order valence-corrected chi connectivity index (χ1v) is 6.73. The van der Waals surface area contributed by atoms with Gasteiger partial charge in [0.15, 0.2) is 0 Å². The van der Waals surface area contributed by atoms with Crippen molar-refractivity contribution in [1.82, 2.24) is 4.90 Å². The first kappa shape index (κ1) is 13.9. The number of carbonyl (C=O) groups is 1. The van der Waals surface area contributed by atoms with Crippen molar-refractivity contribution >= 4 is 17.5 Å². The van der Waals surface area contributed by atoms with Crippen molar-refractivity contribution in [3.63, 3.8) is 0 Å². The fourth-order valence-electron chi connectivity index (χ4n) is 1.89. The number of amides is 1. The fourth-order valence-corrected chi connectivity index (χ4v) is 2.11. The molecule has 1 fully saturated rings. The summed E-state index contributed by atoms with van der Waals surface area (Å²) in [5, 5.41) is 0.492. The Labute approximate surface area is 118 Å². The second kappa shape index (κ2) is 6.10. The number of carbonyl (C=O) groups excluding carboxylic acids is 1. The van der Waals surface area contributed by atoms with E-state index in [0.717, 1.165) is 6.54 Å². The lowest BCUT2D eigenvalue weighted by Gasteiger charge is -2.17. The average Bonchev–Trinajstić information content (AvgIpc) is 3.20. The summed E-state index contributed by atoms with van der Waals surface area (Å²) in [6.45, 7) is 1.12. The van der Waals surface area contributed by atoms with E-state index in [1.807, 2.05) is 7.05 Å². The summed E-state index contributed by atoms with van der Waals surface area (Å²) in [4.78, 5) is 14.0. The van der Waals surface area contributed by atoms with E-state index in [9.17, 15) is 4.79 Å². The molecule has 1 aromatic rings. The molecule has 0 saturated heterocycles. The van der Waals surface area contributed by atoms with Crippen LogP contribution < -0.4 is 5.73 Å². The molecular weight excluding hydrogens is 260 g/mol. The van der Waals surface area contributed by atoms with Crippen LogP contribution in [0.15, 0.2) is 18.2 Å². The number of hydrogen-bond acceptors (Lipinski definition) is 2. The van der Waals surface area contributed by atoms with Crippen LogP contribution in [0.4, 0.5) is 0 Å². The van der Waals surface area contributed by atoms with Crippen LogP contribution in [0.2, 0.25) is 5.02 Å². The highest BCUT2D eigenvalue weighted by Gasteiger charge is 2.25. The molecule has 0 atom stereocenters. The Balaban J connectivity index is 2.11. The van der Waals surface area contributed by atoms with Gasteiger partial charge in [-0.3, -0.25) is 4.79 Å². The number of nitrogens with two attached hydrogens (primary N) is 1. The third kappa shape index (κ3) is 3.73. The number of hydrogen-bond donors (Lipinski definition) is 1. The summed E-state index contributed by atoms with van der Waals surface area (Å²) >= 11 is 6.12. The van der Waals surface area contributed by atoms with Gasteiger partial charge in [-0.05, 0) is 37.0 Å². The first-order valence-electron chi connectivity index (χ1n) is 6.35. The van der Waals surface area contributed by atoms with E-state index < -0.39 is 0 Å². The number of benzene rings is 1. The van der Waals surface area contributed by atoms with Crippen molar-refractivity contribution < 1.29 is 4.79 Å². The lowest BCUT2D eigenvalue weighted by atomic mass is 10.1. The van der Waals surface area contributed by atoms with Crippen LogP contribution in [-0.4, -0.2) is 30.9 Å². The van der Waals surface area contributed by atoms with Gasteiger partial charge in [0.1, 0.15) is 0 Å². The van der Waals surface area contributed by atoms with E-state index in [4.69, 9.17) is 17.3 Å². The normalized spacial score (nSPS) is 13.6. The molecule has 3 nitrogen and oxygen atoms in total. The van der Waals surface area contributed by atoms with E-state index in [1.54, 1.807) is 23.1 Å². The molecular formula is C15H17ClN2O. The van der Waals surface area contributed by atoms with Crippen LogP contribution in [-0.2, 0) is 0 Å². The van der Waals surface area contributed by atoms with Gasteiger partial charge in [0.25, 0.3) is 5.91 Å². The highest BCUT2D eigenvalue weighted by molar-refractivity contribution is 6.32. The zero-order valence-electron chi connectivity index (χ0n) is 10.9. The third-order valence-corrected chi connectivity index (χ3v) is 3.43. The van der Waals surface area contributed by atoms with Gasteiger partial charge < -0.3 is 10.6 Å². The van der Waals surface area contributed by atoms with E-state index in [2.05, 4.69) is 11.8 Å². The van der Waals surface area contributed by atoms with Crippen molar-refractivity contribution in [3.8, 4) is 11.8 Å². The minimum absolute atomic E-state index is 0.00661. The standard InChI is InChI=1S/C15H17ClN2O/c1-18(10-11-4-5-11)15(19)13-7-6-12(3-2-8-17)14(16)9-13/h6-7,9,11H,4-5,8,10,17H2,1H3. The SMILES string of the molecule is CN(CC1CC1)C(=O)c1ccc(C#CCN)c(Cl)c1. The van der Waals surface area contributed by atoms with Crippen molar-refractivity contribution in [2.75, 3.05) is 20.1 Å². The highest BCUT2D eigenvalue weighted by Crippen LogP contribution is 2.29. The smallest absolute Gasteiger partial charge is 0.253 e. The van der Waals surface area contributed by atoms with Crippen molar-refractivity contribution in [2.45, 2.75) is 12.8 Å². The summed E-state index contributed by atoms with van der Waals surface area (Å²) < 4.78 is 0. The molecule has 19 heavy (non-hydrogen) atoms. The van der Waals surface area contributed by atoms with E-state index >= 15 is 0 Å². The van der Waals surface area contributed by atoms with Gasteiger partial charge in [-0.15, -0.1) is 0 Å². The van der Waals surface area contributed by atoms with Crippen LogP contribution >= 0.6 is 11.6 Å². The number of nitrogens with zero attached hydrogens (tertiary/aromatic N) is 1. The van der Waals surface area contributed by atoms with Gasteiger partial charge in [0.2, 0.25) is 0 Å². The predicted octanol–water partition coefficient (Wildman–Crippen LogP) is 2.13. The fraction of sp³-hybridized carbons (Fsp3) is 0.400. The molecule has 1 aromatic carbocycles. The summed E-state index contributed by atoms with van der Waals surface area (Å²) in [7, 11) is 1.83. The highest BCUT2D eigenvalue weighted by atomic mass is 35.5. The van der Waals surface area contributed by atoms with Gasteiger partial charge in [-0.2, -0.15) is 0 Å². The van der Waals surface area contributed by atoms with Crippen molar-refractivity contribution in [2.24, 2.45) is 11.7 Å². The maximum Gasteiger partial charge on any atom is 0.253 e. The number of rotatable bonds is 3. The molecule has 0 unspecified atom stereocenters. The molecule has 1 saturated carbocycles. The van der Waals surface area contributed by atoms with Crippen molar-refractivity contribution in [1.29, 1.82) is 0 Å². The molecule has 1 amide bonds. The second-order valence-electron chi connectivity index (χ2n) is 4.83. The molecule has 1 aliphatic rings. The summed E-state index contributed by atoms with van der Waals surface area (Å²) in [5.41, 5.74) is 6.62. The van der Waals surface area contributed by atoms with Crippen LogP contribution in [0.3, 0.4) is 0 Å². The summed E-state index contributed by atoms with van der Waals surface area (Å²) in [6, 6.07) is 5.20. The maximum absolute atomic E-state index is 12.2. The molecule has 0 heterocycles. The van der Waals surface area contributed by atoms with Crippen LogP contribution in [0.1, 0.15) is 28.8 Å². The van der Waals surface area contributed by atoms with Gasteiger partial charge in [-0.1, -0.05) is 23.4 Å². The van der Waals surface area contributed by atoms with E-state index in [1.165, 1.54) is 12.8 Å². The second-order valence-corrected chi connectivity index (χ2v) is 5.24. The Morgan fingerprint density at radius 2 is 2.26 bits per heavy atom. The van der Waals surface area contributed by atoms with Gasteiger partial charge in [0, 0.05) is 24.7 Å². The zero-order chi connectivity index (χ0) is 13.8. The van der Waals surface area contributed by atoms with Crippen LogP contribution in [0.25, 0.3) is 0 Å². The first-order chi connectivity index (χ1) is 9.11. The average molecular weight is 277 g/mol. The Morgan fingerprint density at radius 3 is 2.84 bits per heavy atom. The van der Waals surface area contributed by atoms with Gasteiger partial charge in [0.05, 0.1) is 11.6 Å². The minimum atomic E-state index is 0.00661. The molecule has 0 aliphatic heterocycles. The Hall–Kier alpha value is -1.50. The lowest BCUT2D eigenvalue weighted by molar-refractivity contribution is 0.0788. The molecule has 0 radical (unpaired) electrons. The summed E-state index contributed by atoms with van der Waals surface area (Å²) in [5.74, 6) is 6.31. The minimum Gasteiger partial charge on any atom is -0.341 e. The lowest BCUT2D eigenvalue weighted by Crippen LogP contribution is -2.28. The summed E-state index contributed by atoms with van der Waals surface area (Å²) in [6.07, 6.45) is 2.46. The largest absolute Gasteiger partial charge is 0.341 e. The Bertz CT molecular complexity index is 541. The quantitative estimate of drug-likeness (QED) is 0.860. The Morgan fingerprint density at radius 1 is 1.53 bits per heavy atom. The predicted molar refractivity (Wildman–Crippen MR) is 77.1 cm³/mol. The third-order valence-electron chi connectivity index (χ3n) is 3.12. The van der Waals surface area contributed by atoms with Crippen LogP contribution in [0.5, 0.6) is 0 Å². The maximum atomic E-state index is 12.2. The van der Waals surface area contributed by atoms with Gasteiger partial charge in [-0.25, -0.2) is 0 Å². The Kier molecular flexibility index (Phi) is 4.47. The van der Waals surface area contributed by atoms with E-state index in [-0.39, 0.29) is 5.91 Å². The van der Waals surface area contributed by atoms with Crippen molar-refractivity contribution in [3.05, 3.63) is 34.3 Å². The molecule has 2 N–H and O–H groups in total. The van der Waals surface area contributed by atoms with Crippen LogP contribution in [0, 0.1) is 17.8 Å². The molecule has 100 valence electrons. The zero-order valence-corrected chi connectivity index (χ0v) is 11.7. The van der Waals surface area contributed by atoms with E-state index in [0.29, 0.717) is 28.6 Å². The number of halogens is 1. The molecule has 0 spiro atoms. The molecule has 1 aliphatic carbocycles. The van der Waals surface area contributed by atoms with Gasteiger partial charge >= 0.3 is 0 Å². The molecule has 2 rings (SSSR count). The topological polar surface area (TPSA) is 46.3 Å². The molecule has 0 bridgehead atoms. The molecule has 4 heteroatoms.